The van der Waals surface area contributed by atoms with Gasteiger partial charge in [0, 0.05) is 6.20 Å². The molecule has 78 valence electrons. The van der Waals surface area contributed by atoms with Crippen molar-refractivity contribution >= 4 is 11.0 Å². The highest BCUT2D eigenvalue weighted by atomic mass is 16.3. The van der Waals surface area contributed by atoms with Gasteiger partial charge in [-0.25, -0.2) is 0 Å². The molecule has 0 fully saturated rings. The van der Waals surface area contributed by atoms with Crippen molar-refractivity contribution in [2.45, 2.75) is 0 Å². The summed E-state index contributed by atoms with van der Waals surface area (Å²) >= 11 is 0. The number of aromatic nitrogens is 1. The van der Waals surface area contributed by atoms with Gasteiger partial charge < -0.3 is 9.40 Å². The molecule has 0 saturated carbocycles. The third kappa shape index (κ3) is 1.26. The van der Waals surface area contributed by atoms with Crippen LogP contribution in [-0.2, 0) is 0 Å². The maximum absolute atomic E-state index is 12.1. The van der Waals surface area contributed by atoms with E-state index in [-0.39, 0.29) is 5.43 Å². The monoisotopic (exact) mass is 211 g/mol. The first-order chi connectivity index (χ1) is 7.86. The van der Waals surface area contributed by atoms with Crippen molar-refractivity contribution in [3.63, 3.8) is 0 Å². The lowest BCUT2D eigenvalue weighted by Crippen LogP contribution is -2.04. The molecule has 0 radical (unpaired) electrons. The zero-order valence-electron chi connectivity index (χ0n) is 8.44. The summed E-state index contributed by atoms with van der Waals surface area (Å²) in [5, 5.41) is 0.606. The molecule has 0 aliphatic heterocycles. The summed E-state index contributed by atoms with van der Waals surface area (Å²) in [6.07, 6.45) is 3.28. The van der Waals surface area contributed by atoms with Gasteiger partial charge in [0.2, 0.25) is 5.43 Å². The van der Waals surface area contributed by atoms with Gasteiger partial charge in [-0.05, 0) is 24.3 Å². The summed E-state index contributed by atoms with van der Waals surface area (Å²) in [6, 6.07) is 10.9. The molecule has 16 heavy (non-hydrogen) atoms. The molecule has 2 aromatic heterocycles. The highest BCUT2D eigenvalue weighted by molar-refractivity contribution is 5.80. The fourth-order valence-electron chi connectivity index (χ4n) is 1.76. The Kier molecular flexibility index (Phi) is 1.90. The largest absolute Gasteiger partial charge is 0.463 e. The number of hydrogen-bond donors (Lipinski definition) is 1. The van der Waals surface area contributed by atoms with Gasteiger partial charge in [0.05, 0.1) is 16.6 Å². The van der Waals surface area contributed by atoms with Crippen LogP contribution >= 0.6 is 0 Å². The first kappa shape index (κ1) is 8.97. The lowest BCUT2D eigenvalue weighted by atomic mass is 10.1. The molecule has 3 rings (SSSR count). The van der Waals surface area contributed by atoms with Crippen LogP contribution in [0.1, 0.15) is 0 Å². The number of H-pyrrole nitrogens is 1. The summed E-state index contributed by atoms with van der Waals surface area (Å²) in [6.45, 7) is 0. The summed E-state index contributed by atoms with van der Waals surface area (Å²) in [5.41, 5.74) is 1.94. The Morgan fingerprint density at radius 3 is 2.75 bits per heavy atom. The van der Waals surface area contributed by atoms with Crippen LogP contribution in [0.3, 0.4) is 0 Å². The maximum atomic E-state index is 12.1. The topological polar surface area (TPSA) is 46.0 Å². The standard InChI is InChI=1S/C13H9NO2/c15-13-9-4-1-2-6-12(9)16-8-10(13)11-5-3-7-14-11/h1-8,14H. The van der Waals surface area contributed by atoms with Crippen molar-refractivity contribution < 1.29 is 4.42 Å². The van der Waals surface area contributed by atoms with Crippen molar-refractivity contribution in [3.8, 4) is 11.3 Å². The second kappa shape index (κ2) is 3.38. The highest BCUT2D eigenvalue weighted by Gasteiger charge is 2.08. The molecule has 0 aliphatic carbocycles. The SMILES string of the molecule is O=c1c(-c2ccc[nH]2)coc2ccccc12. The predicted molar refractivity (Wildman–Crippen MR) is 62.3 cm³/mol. The van der Waals surface area contributed by atoms with Crippen LogP contribution in [0.25, 0.3) is 22.2 Å². The molecule has 0 aliphatic rings. The van der Waals surface area contributed by atoms with Gasteiger partial charge in [-0.3, -0.25) is 4.79 Å². The molecule has 0 saturated heterocycles. The Morgan fingerprint density at radius 1 is 1.06 bits per heavy atom. The number of benzene rings is 1. The molecule has 3 nitrogen and oxygen atoms in total. The quantitative estimate of drug-likeness (QED) is 0.672. The molecular weight excluding hydrogens is 202 g/mol. The smallest absolute Gasteiger partial charge is 0.201 e. The molecule has 2 heterocycles. The van der Waals surface area contributed by atoms with Gasteiger partial charge in [-0.15, -0.1) is 0 Å². The molecule has 0 bridgehead atoms. The maximum Gasteiger partial charge on any atom is 0.201 e. The lowest BCUT2D eigenvalue weighted by molar-refractivity contribution is 0.604. The zero-order chi connectivity index (χ0) is 11.0. The molecular formula is C13H9NO2. The Labute approximate surface area is 91.3 Å². The average Bonchev–Trinajstić information content (AvgIpc) is 2.83. The van der Waals surface area contributed by atoms with E-state index in [1.54, 1.807) is 18.3 Å². The number of nitrogens with one attached hydrogen (secondary N) is 1. The van der Waals surface area contributed by atoms with E-state index in [0.717, 1.165) is 5.69 Å². The van der Waals surface area contributed by atoms with Crippen LogP contribution in [0.4, 0.5) is 0 Å². The molecule has 0 spiro atoms. The average molecular weight is 211 g/mol. The first-order valence-electron chi connectivity index (χ1n) is 5.00. The summed E-state index contributed by atoms with van der Waals surface area (Å²) < 4.78 is 5.43. The van der Waals surface area contributed by atoms with E-state index < -0.39 is 0 Å². The van der Waals surface area contributed by atoms with E-state index in [0.29, 0.717) is 16.5 Å². The molecule has 3 aromatic rings. The number of rotatable bonds is 1. The van der Waals surface area contributed by atoms with Gasteiger partial charge in [-0.1, -0.05) is 12.1 Å². The van der Waals surface area contributed by atoms with Crippen molar-refractivity contribution in [1.82, 2.24) is 4.98 Å². The Bertz CT molecular complexity index is 680. The third-order valence-electron chi connectivity index (χ3n) is 2.57. The van der Waals surface area contributed by atoms with Crippen LogP contribution in [0, 0.1) is 0 Å². The molecule has 3 heteroatoms. The second-order valence-corrected chi connectivity index (χ2v) is 3.56. The minimum absolute atomic E-state index is 0.00991. The Morgan fingerprint density at radius 2 is 1.94 bits per heavy atom. The molecule has 0 amide bonds. The van der Waals surface area contributed by atoms with Crippen molar-refractivity contribution in [2.75, 3.05) is 0 Å². The fourth-order valence-corrected chi connectivity index (χ4v) is 1.76. The van der Waals surface area contributed by atoms with Crippen LogP contribution in [0.15, 0.2) is 58.1 Å². The van der Waals surface area contributed by atoms with Crippen molar-refractivity contribution in [2.24, 2.45) is 0 Å². The van der Waals surface area contributed by atoms with Crippen LogP contribution in [0.5, 0.6) is 0 Å². The number of fused-ring (bicyclic) bond motifs is 1. The van der Waals surface area contributed by atoms with Crippen LogP contribution in [0.2, 0.25) is 0 Å². The number of hydrogen-bond acceptors (Lipinski definition) is 2. The van der Waals surface area contributed by atoms with Crippen LogP contribution in [-0.4, -0.2) is 4.98 Å². The highest BCUT2D eigenvalue weighted by Crippen LogP contribution is 2.17. The first-order valence-corrected chi connectivity index (χ1v) is 5.00. The summed E-state index contributed by atoms with van der Waals surface area (Å²) in [4.78, 5) is 15.1. The van der Waals surface area contributed by atoms with E-state index in [1.807, 2.05) is 24.3 Å². The van der Waals surface area contributed by atoms with E-state index in [1.165, 1.54) is 6.26 Å². The van der Waals surface area contributed by atoms with Gasteiger partial charge in [-0.2, -0.15) is 0 Å². The minimum atomic E-state index is -0.00991. The van der Waals surface area contributed by atoms with Gasteiger partial charge >= 0.3 is 0 Å². The van der Waals surface area contributed by atoms with Gasteiger partial charge in [0.15, 0.2) is 0 Å². The lowest BCUT2D eigenvalue weighted by Gasteiger charge is -1.99. The fraction of sp³-hybridized carbons (Fsp3) is 0. The Hall–Kier alpha value is -2.29. The Balaban J connectivity index is 2.37. The van der Waals surface area contributed by atoms with E-state index in [2.05, 4.69) is 4.98 Å². The van der Waals surface area contributed by atoms with E-state index >= 15 is 0 Å². The number of para-hydroxylation sites is 1. The summed E-state index contributed by atoms with van der Waals surface area (Å²) in [5.74, 6) is 0. The normalized spacial score (nSPS) is 10.8. The zero-order valence-corrected chi connectivity index (χ0v) is 8.44. The predicted octanol–water partition coefficient (Wildman–Crippen LogP) is 2.79. The summed E-state index contributed by atoms with van der Waals surface area (Å²) in [7, 11) is 0. The van der Waals surface area contributed by atoms with E-state index in [9.17, 15) is 4.79 Å². The molecule has 1 aromatic carbocycles. The number of aromatic amines is 1. The van der Waals surface area contributed by atoms with E-state index in [4.69, 9.17) is 4.42 Å². The molecule has 0 unspecified atom stereocenters. The second-order valence-electron chi connectivity index (χ2n) is 3.56. The van der Waals surface area contributed by atoms with Crippen molar-refractivity contribution in [3.05, 3.63) is 59.1 Å². The van der Waals surface area contributed by atoms with Crippen LogP contribution < -0.4 is 5.43 Å². The third-order valence-corrected chi connectivity index (χ3v) is 2.57. The molecule has 1 N–H and O–H groups in total. The van der Waals surface area contributed by atoms with Gasteiger partial charge in [0.25, 0.3) is 0 Å². The minimum Gasteiger partial charge on any atom is -0.463 e. The van der Waals surface area contributed by atoms with Gasteiger partial charge in [0.1, 0.15) is 11.8 Å². The molecule has 0 atom stereocenters. The van der Waals surface area contributed by atoms with Crippen molar-refractivity contribution in [1.29, 1.82) is 0 Å².